The van der Waals surface area contributed by atoms with Crippen molar-refractivity contribution in [3.8, 4) is 0 Å². The maximum atomic E-state index is 12.5. The van der Waals surface area contributed by atoms with Crippen molar-refractivity contribution < 1.29 is 17.9 Å². The Morgan fingerprint density at radius 2 is 1.90 bits per heavy atom. The van der Waals surface area contributed by atoms with Gasteiger partial charge >= 0.3 is 5.97 Å². The zero-order chi connectivity index (χ0) is 15.5. The molecule has 20 heavy (non-hydrogen) atoms. The van der Waals surface area contributed by atoms with E-state index in [0.29, 0.717) is 0 Å². The van der Waals surface area contributed by atoms with E-state index in [1.54, 1.807) is 13.8 Å². The minimum atomic E-state index is -3.86. The van der Waals surface area contributed by atoms with Gasteiger partial charge in [-0.2, -0.15) is 4.31 Å². The van der Waals surface area contributed by atoms with Crippen LogP contribution in [0.3, 0.4) is 0 Å². The Labute approximate surface area is 128 Å². The van der Waals surface area contributed by atoms with Crippen LogP contribution >= 0.6 is 23.2 Å². The smallest absolute Gasteiger partial charge is 0.321 e. The van der Waals surface area contributed by atoms with E-state index >= 15 is 0 Å². The van der Waals surface area contributed by atoms with E-state index in [9.17, 15) is 13.2 Å². The molecule has 8 heteroatoms. The van der Waals surface area contributed by atoms with Gasteiger partial charge in [0.25, 0.3) is 0 Å². The van der Waals surface area contributed by atoms with Gasteiger partial charge in [0.05, 0.1) is 22.1 Å². The van der Waals surface area contributed by atoms with Gasteiger partial charge in [0.1, 0.15) is 6.54 Å². The van der Waals surface area contributed by atoms with Gasteiger partial charge in [-0.3, -0.25) is 4.79 Å². The lowest BCUT2D eigenvalue weighted by Crippen LogP contribution is -2.41. The molecule has 1 aromatic carbocycles. The second-order valence-corrected chi connectivity index (χ2v) is 7.00. The number of nitrogens with zero attached hydrogens (tertiary/aromatic N) is 1. The number of benzene rings is 1. The molecule has 0 amide bonds. The number of methoxy groups -OCH3 is 1. The van der Waals surface area contributed by atoms with Gasteiger partial charge in [-0.1, -0.05) is 23.2 Å². The first-order valence-corrected chi connectivity index (χ1v) is 7.93. The summed E-state index contributed by atoms with van der Waals surface area (Å²) in [6, 6.07) is 3.59. The van der Waals surface area contributed by atoms with Gasteiger partial charge in [0, 0.05) is 6.04 Å². The number of ether oxygens (including phenoxy) is 1. The largest absolute Gasteiger partial charge is 0.468 e. The molecule has 0 spiro atoms. The van der Waals surface area contributed by atoms with E-state index in [2.05, 4.69) is 4.74 Å². The van der Waals surface area contributed by atoms with E-state index < -0.39 is 22.0 Å². The van der Waals surface area contributed by atoms with Crippen LogP contribution in [0.15, 0.2) is 23.1 Å². The first-order chi connectivity index (χ1) is 9.20. The third-order valence-corrected chi connectivity index (χ3v) is 5.34. The fourth-order valence-electron chi connectivity index (χ4n) is 1.51. The topological polar surface area (TPSA) is 63.7 Å². The van der Waals surface area contributed by atoms with Crippen molar-refractivity contribution in [2.45, 2.75) is 24.8 Å². The predicted molar refractivity (Wildman–Crippen MR) is 77.5 cm³/mol. The van der Waals surface area contributed by atoms with Crippen molar-refractivity contribution >= 4 is 39.2 Å². The summed E-state index contributed by atoms with van der Waals surface area (Å²) in [5.74, 6) is -0.637. The fraction of sp³-hybridized carbons (Fsp3) is 0.417. The summed E-state index contributed by atoms with van der Waals surface area (Å²) >= 11 is 11.6. The molecule has 1 rings (SSSR count). The molecule has 0 unspecified atom stereocenters. The normalized spacial score (nSPS) is 11.9. The maximum absolute atomic E-state index is 12.5. The molecule has 0 heterocycles. The van der Waals surface area contributed by atoms with Crippen molar-refractivity contribution in [1.82, 2.24) is 4.31 Å². The van der Waals surface area contributed by atoms with Gasteiger partial charge in [-0.15, -0.1) is 0 Å². The molecule has 0 saturated carbocycles. The lowest BCUT2D eigenvalue weighted by molar-refractivity contribution is -0.141. The Morgan fingerprint density at radius 1 is 1.30 bits per heavy atom. The zero-order valence-corrected chi connectivity index (χ0v) is 13.6. The molecular formula is C12H15Cl2NO4S. The van der Waals surface area contributed by atoms with Crippen LogP contribution in [0.1, 0.15) is 13.8 Å². The van der Waals surface area contributed by atoms with Crippen LogP contribution in [0.25, 0.3) is 0 Å². The first kappa shape index (κ1) is 17.2. The number of hydrogen-bond donors (Lipinski definition) is 0. The molecule has 0 bridgehead atoms. The highest BCUT2D eigenvalue weighted by molar-refractivity contribution is 7.89. The molecule has 0 aliphatic carbocycles. The van der Waals surface area contributed by atoms with Crippen molar-refractivity contribution in [1.29, 1.82) is 0 Å². The highest BCUT2D eigenvalue weighted by Crippen LogP contribution is 2.27. The van der Waals surface area contributed by atoms with Gasteiger partial charge < -0.3 is 4.74 Å². The van der Waals surface area contributed by atoms with Crippen LogP contribution < -0.4 is 0 Å². The Balaban J connectivity index is 3.22. The van der Waals surface area contributed by atoms with Gasteiger partial charge in [-0.25, -0.2) is 8.42 Å². The second-order valence-electron chi connectivity index (χ2n) is 4.30. The van der Waals surface area contributed by atoms with Crippen LogP contribution in [-0.4, -0.2) is 38.4 Å². The van der Waals surface area contributed by atoms with Crippen LogP contribution in [0, 0.1) is 0 Å². The number of rotatable bonds is 5. The van der Waals surface area contributed by atoms with Crippen LogP contribution in [0.5, 0.6) is 0 Å². The summed E-state index contributed by atoms with van der Waals surface area (Å²) in [7, 11) is -2.65. The minimum Gasteiger partial charge on any atom is -0.468 e. The second kappa shape index (κ2) is 6.76. The monoisotopic (exact) mass is 339 g/mol. The average Bonchev–Trinajstić information content (AvgIpc) is 2.37. The third-order valence-electron chi connectivity index (χ3n) is 2.59. The highest BCUT2D eigenvalue weighted by atomic mass is 35.5. The van der Waals surface area contributed by atoms with Crippen molar-refractivity contribution in [3.63, 3.8) is 0 Å². The summed E-state index contributed by atoms with van der Waals surface area (Å²) in [6.07, 6.45) is 0. The molecule has 0 aliphatic heterocycles. The molecule has 1 aromatic rings. The van der Waals surface area contributed by atoms with E-state index in [-0.39, 0.29) is 21.5 Å². The lowest BCUT2D eigenvalue weighted by Gasteiger charge is -2.24. The summed E-state index contributed by atoms with van der Waals surface area (Å²) in [6.45, 7) is 2.97. The quantitative estimate of drug-likeness (QED) is 0.773. The van der Waals surface area contributed by atoms with Crippen molar-refractivity contribution in [3.05, 3.63) is 28.2 Å². The highest BCUT2D eigenvalue weighted by Gasteiger charge is 2.29. The molecule has 0 aliphatic rings. The van der Waals surface area contributed by atoms with Crippen LogP contribution in [0.4, 0.5) is 0 Å². The molecule has 112 valence electrons. The van der Waals surface area contributed by atoms with Gasteiger partial charge in [0.2, 0.25) is 10.0 Å². The molecule has 0 fully saturated rings. The van der Waals surface area contributed by atoms with E-state index in [1.165, 1.54) is 25.3 Å². The third kappa shape index (κ3) is 3.85. The molecule has 0 radical (unpaired) electrons. The standard InChI is InChI=1S/C12H15Cl2NO4S/c1-8(2)15(7-12(16)19-3)20(17,18)9-4-5-10(13)11(14)6-9/h4-6,8H,7H2,1-3H3. The number of sulfonamides is 1. The Hall–Kier alpha value is -0.820. The first-order valence-electron chi connectivity index (χ1n) is 5.74. The zero-order valence-electron chi connectivity index (χ0n) is 11.3. The van der Waals surface area contributed by atoms with Crippen LogP contribution in [0.2, 0.25) is 10.0 Å². The van der Waals surface area contributed by atoms with Gasteiger partial charge in [0.15, 0.2) is 0 Å². The van der Waals surface area contributed by atoms with Gasteiger partial charge in [-0.05, 0) is 32.0 Å². The number of esters is 1. The summed E-state index contributed by atoms with van der Waals surface area (Å²) in [5, 5.41) is 0.393. The molecule has 0 aromatic heterocycles. The molecular weight excluding hydrogens is 325 g/mol. The number of carbonyl (C=O) groups excluding carboxylic acids is 1. The number of carbonyl (C=O) groups is 1. The van der Waals surface area contributed by atoms with E-state index in [1.807, 2.05) is 0 Å². The van der Waals surface area contributed by atoms with Crippen LogP contribution in [-0.2, 0) is 19.6 Å². The van der Waals surface area contributed by atoms with Crippen molar-refractivity contribution in [2.24, 2.45) is 0 Å². The molecule has 0 saturated heterocycles. The Bertz CT molecular complexity index is 601. The number of hydrogen-bond acceptors (Lipinski definition) is 4. The van der Waals surface area contributed by atoms with Crippen molar-refractivity contribution in [2.75, 3.05) is 13.7 Å². The predicted octanol–water partition coefficient (Wildman–Crippen LogP) is 2.57. The Morgan fingerprint density at radius 3 is 2.35 bits per heavy atom. The Kier molecular flexibility index (Phi) is 5.82. The summed E-state index contributed by atoms with van der Waals surface area (Å²) < 4.78 is 30.6. The summed E-state index contributed by atoms with van der Waals surface area (Å²) in [4.78, 5) is 11.3. The number of halogens is 2. The minimum absolute atomic E-state index is 0.0236. The molecule has 0 N–H and O–H groups in total. The average molecular weight is 340 g/mol. The van der Waals surface area contributed by atoms with E-state index in [0.717, 1.165) is 4.31 Å². The SMILES string of the molecule is COC(=O)CN(C(C)C)S(=O)(=O)c1ccc(Cl)c(Cl)c1. The molecule has 0 atom stereocenters. The maximum Gasteiger partial charge on any atom is 0.321 e. The fourth-order valence-corrected chi connectivity index (χ4v) is 3.48. The lowest BCUT2D eigenvalue weighted by atomic mass is 10.4. The van der Waals surface area contributed by atoms with E-state index in [4.69, 9.17) is 23.2 Å². The molecule has 5 nitrogen and oxygen atoms in total. The summed E-state index contributed by atoms with van der Waals surface area (Å²) in [5.41, 5.74) is 0.